The van der Waals surface area contributed by atoms with Gasteiger partial charge < -0.3 is 14.4 Å². The van der Waals surface area contributed by atoms with E-state index in [0.29, 0.717) is 35.5 Å². The lowest BCUT2D eigenvalue weighted by Gasteiger charge is -2.21. The van der Waals surface area contributed by atoms with Crippen molar-refractivity contribution in [3.05, 3.63) is 131 Å². The van der Waals surface area contributed by atoms with E-state index >= 15 is 0 Å². The Morgan fingerprint density at radius 3 is 2.43 bits per heavy atom. The van der Waals surface area contributed by atoms with Crippen LogP contribution in [0.25, 0.3) is 27.7 Å². The molecule has 0 N–H and O–H groups in total. The van der Waals surface area contributed by atoms with Gasteiger partial charge in [0.25, 0.3) is 17.7 Å². The van der Waals surface area contributed by atoms with Crippen LogP contribution >= 0.6 is 11.6 Å². The molecule has 8 rings (SSSR count). The minimum atomic E-state index is -0.884. The van der Waals surface area contributed by atoms with Crippen molar-refractivity contribution in [2.24, 2.45) is 0 Å². The molecule has 272 valence electrons. The van der Waals surface area contributed by atoms with E-state index in [1.165, 1.54) is 46.1 Å². The lowest BCUT2D eigenvalue weighted by Crippen LogP contribution is -2.41. The third kappa shape index (κ3) is 6.47. The Bertz CT molecular complexity index is 2430. The number of methoxy groups -OCH3 is 1. The van der Waals surface area contributed by atoms with Gasteiger partial charge in [-0.05, 0) is 66.1 Å². The molecule has 1 fully saturated rings. The van der Waals surface area contributed by atoms with Crippen molar-refractivity contribution in [3.8, 4) is 22.6 Å². The largest absolute Gasteiger partial charge is 0.488 e. The fourth-order valence-corrected chi connectivity index (χ4v) is 7.34. The molecule has 0 aliphatic carbocycles. The number of halogens is 2. The van der Waals surface area contributed by atoms with E-state index in [1.807, 2.05) is 53.3 Å². The molecule has 0 bridgehead atoms. The van der Waals surface area contributed by atoms with Gasteiger partial charge in [-0.3, -0.25) is 24.0 Å². The van der Waals surface area contributed by atoms with Gasteiger partial charge in [-0.15, -0.1) is 0 Å². The summed E-state index contributed by atoms with van der Waals surface area (Å²) in [6, 6.07) is 23.2. The summed E-state index contributed by atoms with van der Waals surface area (Å²) in [5.41, 5.74) is 4.07. The predicted octanol–water partition coefficient (Wildman–Crippen LogP) is 6.20. The van der Waals surface area contributed by atoms with Crippen LogP contribution in [-0.4, -0.2) is 85.4 Å². The second kappa shape index (κ2) is 14.2. The second-order valence-corrected chi connectivity index (χ2v) is 13.5. The smallest absolute Gasteiger partial charge is 0.328 e. The van der Waals surface area contributed by atoms with Crippen molar-refractivity contribution in [1.29, 1.82) is 0 Å². The topological polar surface area (TPSA) is 129 Å². The third-order valence-electron chi connectivity index (χ3n) is 9.68. The predicted molar refractivity (Wildman–Crippen MR) is 196 cm³/mol. The van der Waals surface area contributed by atoms with Crippen molar-refractivity contribution in [2.45, 2.75) is 31.5 Å². The molecular formula is C40H32ClFN6O6. The number of imide groups is 1. The Morgan fingerprint density at radius 1 is 0.907 bits per heavy atom. The third-order valence-corrected chi connectivity index (χ3v) is 9.98. The van der Waals surface area contributed by atoms with Gasteiger partial charge in [-0.1, -0.05) is 48.0 Å². The second-order valence-electron chi connectivity index (χ2n) is 13.1. The molecule has 0 unspecified atom stereocenters. The SMILES string of the molecule is COC(=O)[C@@H]1C[C@H](Oc2cccc(-c3cccc4nn(CCCN5C(=O)c6ccccc6C5=O)cc34)c2)CN1C(=O)c1cnn(-c2ccc(F)cc2Cl)c1. The molecule has 2 aliphatic rings. The van der Waals surface area contributed by atoms with Crippen molar-refractivity contribution < 1.29 is 33.0 Å². The Balaban J connectivity index is 0.957. The highest BCUT2D eigenvalue weighted by Gasteiger charge is 2.42. The van der Waals surface area contributed by atoms with Crippen LogP contribution in [0.4, 0.5) is 4.39 Å². The first-order valence-corrected chi connectivity index (χ1v) is 17.6. The maximum Gasteiger partial charge on any atom is 0.328 e. The number of likely N-dealkylation sites (tertiary alicyclic amines) is 1. The maximum absolute atomic E-state index is 13.7. The number of hydrogen-bond donors (Lipinski definition) is 0. The van der Waals surface area contributed by atoms with Gasteiger partial charge in [-0.2, -0.15) is 10.2 Å². The number of fused-ring (bicyclic) bond motifs is 2. The van der Waals surface area contributed by atoms with Crippen molar-refractivity contribution in [2.75, 3.05) is 20.2 Å². The van der Waals surface area contributed by atoms with Crippen molar-refractivity contribution in [1.82, 2.24) is 29.4 Å². The molecule has 14 heteroatoms. The van der Waals surface area contributed by atoms with E-state index in [9.17, 15) is 23.6 Å². The molecule has 6 aromatic rings. The molecule has 0 spiro atoms. The molecule has 54 heavy (non-hydrogen) atoms. The number of ether oxygens (including phenoxy) is 2. The first-order chi connectivity index (χ1) is 26.2. The quantitative estimate of drug-likeness (QED) is 0.120. The summed E-state index contributed by atoms with van der Waals surface area (Å²) in [6.45, 7) is 0.905. The Labute approximate surface area is 313 Å². The highest BCUT2D eigenvalue weighted by molar-refractivity contribution is 6.32. The molecule has 4 aromatic carbocycles. The minimum absolute atomic E-state index is 0.119. The summed E-state index contributed by atoms with van der Waals surface area (Å²) in [7, 11) is 1.27. The lowest BCUT2D eigenvalue weighted by atomic mass is 10.0. The fraction of sp³-hybridized carbons (Fsp3) is 0.200. The van der Waals surface area contributed by atoms with Gasteiger partial charge in [0, 0.05) is 37.3 Å². The van der Waals surface area contributed by atoms with Crippen LogP contribution in [0.15, 0.2) is 104 Å². The van der Waals surface area contributed by atoms with Gasteiger partial charge in [0.05, 0.1) is 52.8 Å². The fourth-order valence-electron chi connectivity index (χ4n) is 7.09. The zero-order valence-electron chi connectivity index (χ0n) is 28.9. The van der Waals surface area contributed by atoms with Crippen LogP contribution < -0.4 is 4.74 Å². The average Bonchev–Trinajstić information content (AvgIpc) is 3.98. The number of amides is 3. The number of aromatic nitrogens is 4. The maximum atomic E-state index is 13.7. The number of rotatable bonds is 10. The first-order valence-electron chi connectivity index (χ1n) is 17.3. The van der Waals surface area contributed by atoms with Gasteiger partial charge >= 0.3 is 5.97 Å². The monoisotopic (exact) mass is 746 g/mol. The van der Waals surface area contributed by atoms with Crippen LogP contribution in [0, 0.1) is 5.82 Å². The normalized spacial score (nSPS) is 16.6. The Hall–Kier alpha value is -6.34. The Morgan fingerprint density at radius 2 is 1.67 bits per heavy atom. The summed E-state index contributed by atoms with van der Waals surface area (Å²) in [5, 5.41) is 10.0. The number of nitrogens with zero attached hydrogens (tertiary/aromatic N) is 6. The van der Waals surface area contributed by atoms with Gasteiger partial charge in [0.1, 0.15) is 23.7 Å². The number of benzene rings is 4. The molecule has 4 heterocycles. The molecular weight excluding hydrogens is 715 g/mol. The first kappa shape index (κ1) is 34.7. The van der Waals surface area contributed by atoms with E-state index in [4.69, 9.17) is 26.2 Å². The zero-order valence-corrected chi connectivity index (χ0v) is 29.6. The molecule has 2 aliphatic heterocycles. The molecule has 3 amide bonds. The summed E-state index contributed by atoms with van der Waals surface area (Å²) < 4.78 is 28.2. The van der Waals surface area contributed by atoms with Crippen LogP contribution in [0.3, 0.4) is 0 Å². The number of hydrogen-bond acceptors (Lipinski definition) is 8. The van der Waals surface area contributed by atoms with Crippen LogP contribution in [-0.2, 0) is 16.1 Å². The standard InChI is InChI=1S/C40H32ClFN6O6/c1-53-40(52)36-19-28(22-47(36)37(49)25-20-43-48(21-25)35-14-13-26(42)18-33(35)41)54-27-8-4-7-24(17-27)29-11-5-12-34-32(29)23-45(44-34)15-6-16-46-38(50)30-9-2-3-10-31(30)39(46)51/h2-5,7-14,17-18,20-21,23,28,36H,6,15-16,19,22H2,1H3/t28-,36-/m0/s1. The van der Waals surface area contributed by atoms with Crippen molar-refractivity contribution >= 4 is 46.2 Å². The van der Waals surface area contributed by atoms with Gasteiger partial charge in [0.15, 0.2) is 0 Å². The molecule has 2 atom stereocenters. The lowest BCUT2D eigenvalue weighted by molar-refractivity contribution is -0.145. The Kier molecular flexibility index (Phi) is 9.16. The van der Waals surface area contributed by atoms with Crippen LogP contribution in [0.5, 0.6) is 5.75 Å². The average molecular weight is 747 g/mol. The highest BCUT2D eigenvalue weighted by atomic mass is 35.5. The van der Waals surface area contributed by atoms with Crippen LogP contribution in [0.2, 0.25) is 5.02 Å². The van der Waals surface area contributed by atoms with E-state index in [0.717, 1.165) is 28.1 Å². The molecule has 2 aromatic heterocycles. The van der Waals surface area contributed by atoms with Crippen molar-refractivity contribution in [3.63, 3.8) is 0 Å². The summed E-state index contributed by atoms with van der Waals surface area (Å²) in [4.78, 5) is 54.8. The molecule has 0 radical (unpaired) electrons. The van der Waals surface area contributed by atoms with E-state index in [2.05, 4.69) is 5.10 Å². The van der Waals surface area contributed by atoms with Gasteiger partial charge in [-0.25, -0.2) is 13.9 Å². The van der Waals surface area contributed by atoms with E-state index in [-0.39, 0.29) is 41.9 Å². The summed E-state index contributed by atoms with van der Waals surface area (Å²) in [6.07, 6.45) is 5.03. The number of esters is 1. The number of aryl methyl sites for hydroxylation is 1. The van der Waals surface area contributed by atoms with E-state index in [1.54, 1.807) is 24.3 Å². The zero-order chi connectivity index (χ0) is 37.5. The number of carbonyl (C=O) groups excluding carboxylic acids is 4. The highest BCUT2D eigenvalue weighted by Crippen LogP contribution is 2.33. The summed E-state index contributed by atoms with van der Waals surface area (Å²) >= 11 is 6.20. The van der Waals surface area contributed by atoms with Gasteiger partial charge in [0.2, 0.25) is 0 Å². The number of carbonyl (C=O) groups is 4. The summed E-state index contributed by atoms with van der Waals surface area (Å²) in [5.74, 6) is -1.50. The molecule has 12 nitrogen and oxygen atoms in total. The van der Waals surface area contributed by atoms with Crippen LogP contribution in [0.1, 0.15) is 43.9 Å². The molecule has 1 saturated heterocycles. The van der Waals surface area contributed by atoms with E-state index < -0.39 is 29.8 Å². The minimum Gasteiger partial charge on any atom is -0.488 e. The molecule has 0 saturated carbocycles.